The van der Waals surface area contributed by atoms with Gasteiger partial charge in [0.05, 0.1) is 5.92 Å². The normalized spacial score (nSPS) is 21.7. The molecule has 1 amide bonds. The van der Waals surface area contributed by atoms with Crippen molar-refractivity contribution >= 4 is 17.6 Å². The van der Waals surface area contributed by atoms with Crippen molar-refractivity contribution in [1.29, 1.82) is 0 Å². The number of benzene rings is 1. The van der Waals surface area contributed by atoms with Crippen LogP contribution in [0, 0.1) is 18.8 Å². The number of carbonyl (C=O) groups excluding carboxylic acids is 1. The van der Waals surface area contributed by atoms with E-state index in [9.17, 15) is 9.59 Å². The van der Waals surface area contributed by atoms with Crippen LogP contribution in [0.1, 0.15) is 12.5 Å². The summed E-state index contributed by atoms with van der Waals surface area (Å²) in [6, 6.07) is 7.36. The van der Waals surface area contributed by atoms with Crippen LogP contribution in [-0.2, 0) is 9.59 Å². The Bertz CT molecular complexity index is 498. The molecular formula is C15H20N2O3. The third-order valence-corrected chi connectivity index (χ3v) is 3.74. The molecule has 2 N–H and O–H groups in total. The lowest BCUT2D eigenvalue weighted by molar-refractivity contribution is -0.137. The highest BCUT2D eigenvalue weighted by molar-refractivity contribution is 5.99. The molecule has 0 radical (unpaired) electrons. The van der Waals surface area contributed by atoms with E-state index in [0.29, 0.717) is 12.2 Å². The molecule has 0 unspecified atom stereocenters. The van der Waals surface area contributed by atoms with E-state index in [1.54, 1.807) is 12.1 Å². The van der Waals surface area contributed by atoms with E-state index in [1.165, 1.54) is 4.90 Å². The van der Waals surface area contributed by atoms with Gasteiger partial charge in [-0.3, -0.25) is 9.59 Å². The van der Waals surface area contributed by atoms with Gasteiger partial charge in [0.2, 0.25) is 5.91 Å². The monoisotopic (exact) mass is 276 g/mol. The molecule has 108 valence electrons. The summed E-state index contributed by atoms with van der Waals surface area (Å²) in [6.07, 6.45) is 0. The number of rotatable bonds is 4. The SMILES string of the molecule is Cc1ccc(N(CC(=O)O)C(=O)[C@@H]2CNC[C@H]2C)cc1. The Morgan fingerprint density at radius 1 is 1.30 bits per heavy atom. The molecule has 1 aromatic rings. The quantitative estimate of drug-likeness (QED) is 0.869. The zero-order chi connectivity index (χ0) is 14.7. The zero-order valence-corrected chi connectivity index (χ0v) is 11.8. The predicted molar refractivity (Wildman–Crippen MR) is 76.7 cm³/mol. The number of hydrogen-bond donors (Lipinski definition) is 2. The average molecular weight is 276 g/mol. The molecule has 0 aliphatic carbocycles. The fourth-order valence-corrected chi connectivity index (χ4v) is 2.50. The Balaban J connectivity index is 2.24. The minimum atomic E-state index is -1.00. The molecule has 0 saturated carbocycles. The fraction of sp³-hybridized carbons (Fsp3) is 0.467. The highest BCUT2D eigenvalue weighted by Gasteiger charge is 2.34. The number of amides is 1. The first kappa shape index (κ1) is 14.5. The van der Waals surface area contributed by atoms with Crippen LogP contribution >= 0.6 is 0 Å². The predicted octanol–water partition coefficient (Wildman–Crippen LogP) is 1.27. The second-order valence-electron chi connectivity index (χ2n) is 5.40. The van der Waals surface area contributed by atoms with Crippen molar-refractivity contribution in [3.8, 4) is 0 Å². The summed E-state index contributed by atoms with van der Waals surface area (Å²) in [7, 11) is 0. The van der Waals surface area contributed by atoms with Gasteiger partial charge in [0.15, 0.2) is 0 Å². The summed E-state index contributed by atoms with van der Waals surface area (Å²) in [4.78, 5) is 25.0. The summed E-state index contributed by atoms with van der Waals surface area (Å²) >= 11 is 0. The Kier molecular flexibility index (Phi) is 4.39. The number of carboxylic acids is 1. The van der Waals surface area contributed by atoms with Crippen molar-refractivity contribution in [2.75, 3.05) is 24.5 Å². The van der Waals surface area contributed by atoms with Crippen LogP contribution in [0.2, 0.25) is 0 Å². The highest BCUT2D eigenvalue weighted by Crippen LogP contribution is 2.23. The molecule has 1 heterocycles. The van der Waals surface area contributed by atoms with Crippen LogP contribution in [0.15, 0.2) is 24.3 Å². The molecule has 2 rings (SSSR count). The molecule has 0 bridgehead atoms. The Hall–Kier alpha value is -1.88. The molecule has 1 aliphatic heterocycles. The van der Waals surface area contributed by atoms with Crippen LogP contribution in [0.5, 0.6) is 0 Å². The summed E-state index contributed by atoms with van der Waals surface area (Å²) in [5.41, 5.74) is 1.72. The van der Waals surface area contributed by atoms with Crippen LogP contribution in [0.25, 0.3) is 0 Å². The minimum Gasteiger partial charge on any atom is -0.480 e. The summed E-state index contributed by atoms with van der Waals surface area (Å²) in [5.74, 6) is -1.05. The van der Waals surface area contributed by atoms with Gasteiger partial charge in [-0.1, -0.05) is 24.6 Å². The topological polar surface area (TPSA) is 69.6 Å². The lowest BCUT2D eigenvalue weighted by atomic mass is 9.96. The van der Waals surface area contributed by atoms with E-state index in [-0.39, 0.29) is 24.3 Å². The maximum absolute atomic E-state index is 12.6. The van der Waals surface area contributed by atoms with E-state index < -0.39 is 5.97 Å². The summed E-state index contributed by atoms with van der Waals surface area (Å²) < 4.78 is 0. The van der Waals surface area contributed by atoms with Crippen LogP contribution in [-0.4, -0.2) is 36.6 Å². The highest BCUT2D eigenvalue weighted by atomic mass is 16.4. The zero-order valence-electron chi connectivity index (χ0n) is 11.8. The molecule has 5 nitrogen and oxygen atoms in total. The third kappa shape index (κ3) is 3.17. The van der Waals surface area contributed by atoms with E-state index >= 15 is 0 Å². The maximum Gasteiger partial charge on any atom is 0.323 e. The molecule has 1 saturated heterocycles. The van der Waals surface area contributed by atoms with Gasteiger partial charge < -0.3 is 15.3 Å². The van der Waals surface area contributed by atoms with Crippen LogP contribution in [0.4, 0.5) is 5.69 Å². The lowest BCUT2D eigenvalue weighted by Crippen LogP contribution is -2.42. The maximum atomic E-state index is 12.6. The lowest BCUT2D eigenvalue weighted by Gasteiger charge is -2.25. The standard InChI is InChI=1S/C15H20N2O3/c1-10-3-5-12(6-4-10)17(9-14(18)19)15(20)13-8-16-7-11(13)2/h3-6,11,13,16H,7-9H2,1-2H3,(H,18,19)/t11-,13-/m1/s1. The first-order valence-corrected chi connectivity index (χ1v) is 6.79. The van der Waals surface area contributed by atoms with Gasteiger partial charge in [-0.2, -0.15) is 0 Å². The van der Waals surface area contributed by atoms with Gasteiger partial charge >= 0.3 is 5.97 Å². The van der Waals surface area contributed by atoms with Crippen molar-refractivity contribution in [3.05, 3.63) is 29.8 Å². The van der Waals surface area contributed by atoms with Crippen molar-refractivity contribution < 1.29 is 14.7 Å². The molecule has 0 spiro atoms. The van der Waals surface area contributed by atoms with Gasteiger partial charge in [-0.15, -0.1) is 0 Å². The van der Waals surface area contributed by atoms with Crippen molar-refractivity contribution in [1.82, 2.24) is 5.32 Å². The number of nitrogens with zero attached hydrogens (tertiary/aromatic N) is 1. The molecule has 1 aliphatic rings. The number of aryl methyl sites for hydroxylation is 1. The Morgan fingerprint density at radius 3 is 2.45 bits per heavy atom. The van der Waals surface area contributed by atoms with Gasteiger partial charge in [-0.05, 0) is 31.5 Å². The van der Waals surface area contributed by atoms with E-state index in [2.05, 4.69) is 5.32 Å². The van der Waals surface area contributed by atoms with Gasteiger partial charge in [-0.25, -0.2) is 0 Å². The first-order valence-electron chi connectivity index (χ1n) is 6.79. The molecule has 0 aromatic heterocycles. The fourth-order valence-electron chi connectivity index (χ4n) is 2.50. The third-order valence-electron chi connectivity index (χ3n) is 3.74. The largest absolute Gasteiger partial charge is 0.480 e. The number of nitrogens with one attached hydrogen (secondary N) is 1. The van der Waals surface area contributed by atoms with Crippen molar-refractivity contribution in [2.24, 2.45) is 11.8 Å². The summed E-state index contributed by atoms with van der Waals surface area (Å²) in [6.45, 7) is 5.07. The molecular weight excluding hydrogens is 256 g/mol. The molecule has 2 atom stereocenters. The Labute approximate surface area is 118 Å². The van der Waals surface area contributed by atoms with E-state index in [0.717, 1.165) is 12.1 Å². The molecule has 1 fully saturated rings. The average Bonchev–Trinajstić information content (AvgIpc) is 2.82. The molecule has 1 aromatic carbocycles. The molecule has 20 heavy (non-hydrogen) atoms. The van der Waals surface area contributed by atoms with Gasteiger partial charge in [0.1, 0.15) is 6.54 Å². The second-order valence-corrected chi connectivity index (χ2v) is 5.40. The molecule has 5 heteroatoms. The number of aliphatic carboxylic acids is 1. The number of anilines is 1. The number of hydrogen-bond acceptors (Lipinski definition) is 3. The minimum absolute atomic E-state index is 0.117. The van der Waals surface area contributed by atoms with Crippen LogP contribution in [0.3, 0.4) is 0 Å². The Morgan fingerprint density at radius 2 is 1.95 bits per heavy atom. The van der Waals surface area contributed by atoms with Gasteiger partial charge in [0, 0.05) is 12.2 Å². The van der Waals surface area contributed by atoms with Gasteiger partial charge in [0.25, 0.3) is 0 Å². The summed E-state index contributed by atoms with van der Waals surface area (Å²) in [5, 5.41) is 12.2. The second kappa shape index (κ2) is 6.05. The number of carbonyl (C=O) groups is 2. The smallest absolute Gasteiger partial charge is 0.323 e. The van der Waals surface area contributed by atoms with Crippen LogP contribution < -0.4 is 10.2 Å². The number of carboxylic acid groups (broad SMARTS) is 1. The van der Waals surface area contributed by atoms with E-state index in [4.69, 9.17) is 5.11 Å². The van der Waals surface area contributed by atoms with E-state index in [1.807, 2.05) is 26.0 Å². The van der Waals surface area contributed by atoms with Crippen molar-refractivity contribution in [2.45, 2.75) is 13.8 Å². The first-order chi connectivity index (χ1) is 9.49. The van der Waals surface area contributed by atoms with Crippen molar-refractivity contribution in [3.63, 3.8) is 0 Å².